The predicted octanol–water partition coefficient (Wildman–Crippen LogP) is 4.50. The number of nitrogen functional groups attached to an aromatic ring is 2. The van der Waals surface area contributed by atoms with E-state index in [2.05, 4.69) is 26.1 Å². The molecule has 52 heavy (non-hydrogen) atoms. The molecule has 2 fully saturated rings. The van der Waals surface area contributed by atoms with E-state index in [1.165, 1.54) is 21.8 Å². The molecule has 2 aliphatic rings. The number of nitrogens with zero attached hydrogens (tertiary/aromatic N) is 4. The number of carbonyl (C=O) groups is 4. The van der Waals surface area contributed by atoms with Gasteiger partial charge in [-0.15, -0.1) is 0 Å². The highest BCUT2D eigenvalue weighted by atomic mass is 16.4. The summed E-state index contributed by atoms with van der Waals surface area (Å²) in [7, 11) is 0. The molecule has 2 aromatic heterocycles. The Morgan fingerprint density at radius 2 is 1.17 bits per heavy atom. The summed E-state index contributed by atoms with van der Waals surface area (Å²) in [5.41, 5.74) is 17.4. The first kappa shape index (κ1) is 35.4. The van der Waals surface area contributed by atoms with Crippen molar-refractivity contribution < 1.29 is 24.3 Å². The SMILES string of the molecule is Cc1ccc(C(=O)NC2CC2)cc1-n1ncc(C(=O)NC(C)c2ccccc2)c1N.Cc1ccc(C(=O)NC2CC2)cc1-n1ncc(C(=O)O)c1N. The summed E-state index contributed by atoms with van der Waals surface area (Å²) in [6, 6.07) is 20.7. The third kappa shape index (κ3) is 7.96. The van der Waals surface area contributed by atoms with E-state index in [1.807, 2.05) is 57.2 Å². The quantitative estimate of drug-likeness (QED) is 0.121. The Hall–Kier alpha value is -6.44. The smallest absolute Gasteiger partial charge is 0.341 e. The molecule has 1 atom stereocenters. The van der Waals surface area contributed by atoms with Gasteiger partial charge >= 0.3 is 5.97 Å². The Labute approximate surface area is 300 Å². The zero-order valence-corrected chi connectivity index (χ0v) is 29.1. The number of nitrogens with one attached hydrogen (secondary N) is 3. The summed E-state index contributed by atoms with van der Waals surface area (Å²) in [6.07, 6.45) is 6.73. The van der Waals surface area contributed by atoms with Gasteiger partial charge in [0.15, 0.2) is 0 Å². The van der Waals surface area contributed by atoms with Crippen molar-refractivity contribution >= 4 is 35.3 Å². The van der Waals surface area contributed by atoms with Gasteiger partial charge in [0.25, 0.3) is 17.7 Å². The molecule has 7 rings (SSSR count). The van der Waals surface area contributed by atoms with Crippen molar-refractivity contribution in [2.24, 2.45) is 0 Å². The number of carboxylic acids is 1. The topological polar surface area (TPSA) is 212 Å². The van der Waals surface area contributed by atoms with E-state index >= 15 is 0 Å². The zero-order valence-electron chi connectivity index (χ0n) is 29.1. The summed E-state index contributed by atoms with van der Waals surface area (Å²) in [5, 5.41) is 26.2. The Morgan fingerprint density at radius 1 is 0.712 bits per heavy atom. The molecule has 1 unspecified atom stereocenters. The highest BCUT2D eigenvalue weighted by Gasteiger charge is 2.26. The maximum atomic E-state index is 12.8. The van der Waals surface area contributed by atoms with Gasteiger partial charge in [0.1, 0.15) is 22.8 Å². The molecule has 268 valence electrons. The van der Waals surface area contributed by atoms with Crippen LogP contribution in [0.3, 0.4) is 0 Å². The van der Waals surface area contributed by atoms with Gasteiger partial charge in [-0.05, 0) is 87.4 Å². The number of aryl methyl sites for hydroxylation is 2. The number of hydrogen-bond acceptors (Lipinski definition) is 8. The maximum absolute atomic E-state index is 12.8. The number of anilines is 2. The van der Waals surface area contributed by atoms with Crippen LogP contribution in [0.1, 0.15) is 96.8 Å². The van der Waals surface area contributed by atoms with E-state index in [1.54, 1.807) is 30.3 Å². The van der Waals surface area contributed by atoms with E-state index in [-0.39, 0.29) is 53.0 Å². The van der Waals surface area contributed by atoms with Crippen molar-refractivity contribution in [2.45, 2.75) is 64.6 Å². The monoisotopic (exact) mass is 703 g/mol. The summed E-state index contributed by atoms with van der Waals surface area (Å²) < 4.78 is 2.85. The molecule has 0 radical (unpaired) electrons. The number of rotatable bonds is 10. The molecule has 14 heteroatoms. The maximum Gasteiger partial charge on any atom is 0.341 e. The van der Waals surface area contributed by atoms with E-state index < -0.39 is 5.97 Å². The lowest BCUT2D eigenvalue weighted by Crippen LogP contribution is -2.27. The van der Waals surface area contributed by atoms with Crippen LogP contribution in [0.25, 0.3) is 11.4 Å². The molecule has 3 aromatic carbocycles. The molecule has 0 spiro atoms. The van der Waals surface area contributed by atoms with Gasteiger partial charge < -0.3 is 32.5 Å². The number of nitrogens with two attached hydrogens (primary N) is 2. The fraction of sp³-hybridized carbons (Fsp3) is 0.263. The van der Waals surface area contributed by atoms with E-state index in [0.29, 0.717) is 28.1 Å². The number of carboxylic acid groups (broad SMARTS) is 1. The predicted molar refractivity (Wildman–Crippen MR) is 196 cm³/mol. The highest BCUT2D eigenvalue weighted by molar-refractivity contribution is 5.99. The average molecular weight is 704 g/mol. The van der Waals surface area contributed by atoms with Crippen molar-refractivity contribution in [3.05, 3.63) is 118 Å². The minimum atomic E-state index is -1.14. The number of aromatic nitrogens is 4. The van der Waals surface area contributed by atoms with Crippen LogP contribution in [0.5, 0.6) is 0 Å². The number of benzene rings is 3. The van der Waals surface area contributed by atoms with Crippen molar-refractivity contribution in [2.75, 3.05) is 11.5 Å². The number of amides is 3. The zero-order chi connectivity index (χ0) is 37.1. The number of aromatic carboxylic acids is 1. The number of carbonyl (C=O) groups excluding carboxylic acids is 3. The number of hydrogen-bond donors (Lipinski definition) is 6. The van der Waals surface area contributed by atoms with Crippen molar-refractivity contribution in [3.8, 4) is 11.4 Å². The first-order valence-corrected chi connectivity index (χ1v) is 17.0. The Kier molecular flexibility index (Phi) is 10.1. The minimum absolute atomic E-state index is 0.0374. The standard InChI is InChI=1S/C23H25N5O2.C15H16N4O3/c1-14-8-9-17(22(29)27-18-10-11-18)12-20(14)28-21(24)19(13-25-28)23(30)26-15(2)16-6-4-3-5-7-16;1-8-2-3-9(14(20)18-10-4-5-10)6-12(8)19-13(16)11(7-17-19)15(21)22/h3-9,12-13,15,18H,10-11,24H2,1-2H3,(H,26,30)(H,27,29);2-3,6-7,10H,4-5,16H2,1H3,(H,18,20)(H,21,22). The summed E-state index contributed by atoms with van der Waals surface area (Å²) in [6.45, 7) is 5.68. The average Bonchev–Trinajstić information content (AvgIpc) is 4.05. The Balaban J connectivity index is 0.000000187. The third-order valence-corrected chi connectivity index (χ3v) is 8.96. The van der Waals surface area contributed by atoms with Crippen LogP contribution in [-0.2, 0) is 0 Å². The molecule has 8 N–H and O–H groups in total. The largest absolute Gasteiger partial charge is 0.477 e. The second kappa shape index (κ2) is 14.8. The van der Waals surface area contributed by atoms with Crippen LogP contribution >= 0.6 is 0 Å². The molecule has 0 aliphatic heterocycles. The third-order valence-electron chi connectivity index (χ3n) is 8.96. The molecule has 14 nitrogen and oxygen atoms in total. The van der Waals surface area contributed by atoms with E-state index in [0.717, 1.165) is 42.4 Å². The first-order valence-electron chi connectivity index (χ1n) is 17.0. The molecular weight excluding hydrogens is 662 g/mol. The van der Waals surface area contributed by atoms with Gasteiger partial charge in [0, 0.05) is 23.2 Å². The van der Waals surface area contributed by atoms with Crippen molar-refractivity contribution in [1.82, 2.24) is 35.5 Å². The molecule has 0 saturated heterocycles. The second-order valence-corrected chi connectivity index (χ2v) is 13.1. The van der Waals surface area contributed by atoms with Crippen LogP contribution in [0.15, 0.2) is 79.1 Å². The molecule has 2 heterocycles. The first-order chi connectivity index (χ1) is 24.9. The minimum Gasteiger partial charge on any atom is -0.477 e. The molecule has 5 aromatic rings. The molecule has 2 saturated carbocycles. The lowest BCUT2D eigenvalue weighted by atomic mass is 10.1. The Bertz CT molecular complexity index is 2150. The van der Waals surface area contributed by atoms with E-state index in [4.69, 9.17) is 16.6 Å². The normalized spacial score (nSPS) is 14.1. The van der Waals surface area contributed by atoms with Crippen LogP contribution in [0.2, 0.25) is 0 Å². The van der Waals surface area contributed by atoms with Crippen LogP contribution in [-0.4, -0.2) is 60.4 Å². The van der Waals surface area contributed by atoms with Crippen molar-refractivity contribution in [3.63, 3.8) is 0 Å². The fourth-order valence-corrected chi connectivity index (χ4v) is 5.49. The van der Waals surface area contributed by atoms with Gasteiger partial charge in [0.05, 0.1) is 29.8 Å². The van der Waals surface area contributed by atoms with Crippen molar-refractivity contribution in [1.29, 1.82) is 0 Å². The van der Waals surface area contributed by atoms with Crippen LogP contribution < -0.4 is 27.4 Å². The molecule has 0 bridgehead atoms. The van der Waals surface area contributed by atoms with Gasteiger partial charge in [-0.2, -0.15) is 10.2 Å². The molecular formula is C38H41N9O5. The highest BCUT2D eigenvalue weighted by Crippen LogP contribution is 2.25. The van der Waals surface area contributed by atoms with Gasteiger partial charge in [-0.3, -0.25) is 14.4 Å². The summed E-state index contributed by atoms with van der Waals surface area (Å²) in [4.78, 5) is 48.4. The van der Waals surface area contributed by atoms with Crippen LogP contribution in [0.4, 0.5) is 11.6 Å². The fourth-order valence-electron chi connectivity index (χ4n) is 5.49. The van der Waals surface area contributed by atoms with E-state index in [9.17, 15) is 19.2 Å². The summed E-state index contributed by atoms with van der Waals surface area (Å²) >= 11 is 0. The lowest BCUT2D eigenvalue weighted by Gasteiger charge is -2.14. The van der Waals surface area contributed by atoms with Gasteiger partial charge in [0.2, 0.25) is 0 Å². The lowest BCUT2D eigenvalue weighted by molar-refractivity contribution is 0.0697. The molecule has 2 aliphatic carbocycles. The molecule has 3 amide bonds. The second-order valence-electron chi connectivity index (χ2n) is 13.1. The van der Waals surface area contributed by atoms with Gasteiger partial charge in [-0.1, -0.05) is 42.5 Å². The van der Waals surface area contributed by atoms with Crippen LogP contribution in [0, 0.1) is 13.8 Å². The summed E-state index contributed by atoms with van der Waals surface area (Å²) in [5.74, 6) is -1.42. The Morgan fingerprint density at radius 3 is 1.62 bits per heavy atom. The van der Waals surface area contributed by atoms with Gasteiger partial charge in [-0.25, -0.2) is 14.2 Å².